The van der Waals surface area contributed by atoms with E-state index >= 15 is 0 Å². The summed E-state index contributed by atoms with van der Waals surface area (Å²) < 4.78 is 5.36. The van der Waals surface area contributed by atoms with Crippen molar-refractivity contribution in [2.24, 2.45) is 0 Å². The maximum Gasteiger partial charge on any atom is 0.241 e. The minimum Gasteiger partial charge on any atom is -0.423 e. The van der Waals surface area contributed by atoms with Crippen LogP contribution in [0.4, 0.5) is 5.69 Å². The van der Waals surface area contributed by atoms with Gasteiger partial charge in [0.25, 0.3) is 0 Å². The first kappa shape index (κ1) is 15.3. The van der Waals surface area contributed by atoms with Crippen molar-refractivity contribution in [1.29, 1.82) is 5.26 Å². The van der Waals surface area contributed by atoms with Crippen LogP contribution in [0.5, 0.6) is 0 Å². The summed E-state index contributed by atoms with van der Waals surface area (Å²) in [6.45, 7) is 5.10. The lowest BCUT2D eigenvalue weighted by atomic mass is 10.1. The van der Waals surface area contributed by atoms with E-state index in [0.29, 0.717) is 28.1 Å². The van der Waals surface area contributed by atoms with Crippen LogP contribution in [-0.2, 0) is 0 Å². The van der Waals surface area contributed by atoms with Gasteiger partial charge in [-0.25, -0.2) is 0 Å². The largest absolute Gasteiger partial charge is 0.423 e. The van der Waals surface area contributed by atoms with Gasteiger partial charge in [-0.1, -0.05) is 11.6 Å². The summed E-state index contributed by atoms with van der Waals surface area (Å²) in [6, 6.07) is 4.82. The molecule has 2 N–H and O–H groups in total. The lowest BCUT2D eigenvalue weighted by molar-refractivity contribution is 0.159. The van der Waals surface area contributed by atoms with E-state index in [2.05, 4.69) is 15.5 Å². The molecule has 0 aliphatic carbocycles. The number of halogens is 1. The molecule has 0 fully saturated rings. The molecule has 2 atom stereocenters. The zero-order valence-electron chi connectivity index (χ0n) is 11.9. The first-order valence-corrected chi connectivity index (χ1v) is 6.75. The van der Waals surface area contributed by atoms with Gasteiger partial charge in [0.1, 0.15) is 12.1 Å². The van der Waals surface area contributed by atoms with Crippen LogP contribution in [0.1, 0.15) is 35.9 Å². The van der Waals surface area contributed by atoms with E-state index in [4.69, 9.17) is 21.3 Å². The third-order valence-corrected chi connectivity index (χ3v) is 3.60. The Morgan fingerprint density at radius 3 is 2.62 bits per heavy atom. The number of nitrogens with zero attached hydrogens (tertiary/aromatic N) is 3. The first-order chi connectivity index (χ1) is 9.93. The molecule has 1 unspecified atom stereocenters. The summed E-state index contributed by atoms with van der Waals surface area (Å²) in [4.78, 5) is 0. The van der Waals surface area contributed by atoms with Gasteiger partial charge in [0.15, 0.2) is 0 Å². The summed E-state index contributed by atoms with van der Waals surface area (Å²) in [5.41, 5.74) is 1.82. The van der Waals surface area contributed by atoms with Crippen molar-refractivity contribution >= 4 is 17.3 Å². The molecule has 1 heterocycles. The molecule has 2 aromatic rings. The van der Waals surface area contributed by atoms with Gasteiger partial charge in [0.05, 0.1) is 16.7 Å². The molecule has 0 aliphatic rings. The summed E-state index contributed by atoms with van der Waals surface area (Å²) >= 11 is 6.14. The molecule has 6 nitrogen and oxygen atoms in total. The number of nitriles is 1. The minimum absolute atomic E-state index is 0.294. The highest BCUT2D eigenvalue weighted by atomic mass is 35.5. The summed E-state index contributed by atoms with van der Waals surface area (Å²) in [6.07, 6.45) is -0.751. The van der Waals surface area contributed by atoms with E-state index in [9.17, 15) is 5.11 Å². The lowest BCUT2D eigenvalue weighted by Crippen LogP contribution is -2.23. The van der Waals surface area contributed by atoms with Crippen molar-refractivity contribution in [2.75, 3.05) is 5.32 Å². The number of anilines is 1. The molecule has 0 saturated heterocycles. The van der Waals surface area contributed by atoms with Gasteiger partial charge in [-0.05, 0) is 31.5 Å². The van der Waals surface area contributed by atoms with Crippen LogP contribution in [0.25, 0.3) is 0 Å². The van der Waals surface area contributed by atoms with Crippen LogP contribution in [0.2, 0.25) is 5.02 Å². The van der Waals surface area contributed by atoms with Gasteiger partial charge in [-0.15, -0.1) is 10.2 Å². The number of hydrogen-bond donors (Lipinski definition) is 2. The Hall–Kier alpha value is -2.10. The van der Waals surface area contributed by atoms with Crippen LogP contribution in [-0.4, -0.2) is 21.4 Å². The van der Waals surface area contributed by atoms with Gasteiger partial charge in [-0.3, -0.25) is 0 Å². The monoisotopic (exact) mass is 306 g/mol. The van der Waals surface area contributed by atoms with Gasteiger partial charge in [0, 0.05) is 12.6 Å². The van der Waals surface area contributed by atoms with Gasteiger partial charge >= 0.3 is 0 Å². The Balaban J connectivity index is 2.35. The Morgan fingerprint density at radius 2 is 2.10 bits per heavy atom. The topological polar surface area (TPSA) is 95.0 Å². The number of nitrogens with one attached hydrogen (secondary N) is 1. The molecule has 0 aliphatic heterocycles. The van der Waals surface area contributed by atoms with E-state index < -0.39 is 12.1 Å². The van der Waals surface area contributed by atoms with Crippen molar-refractivity contribution in [3.05, 3.63) is 40.1 Å². The van der Waals surface area contributed by atoms with Crippen molar-refractivity contribution in [1.82, 2.24) is 10.2 Å². The standard InChI is InChI=1S/C14H15ClN4O2/c1-7-11(5-4-10(6-16)12(7)15)17-13(8(2)20)14-19-18-9(3)21-14/h4-5,8,13,17,20H,1-3H3/t8-,13?/m0/s1. The van der Waals surface area contributed by atoms with E-state index in [0.717, 1.165) is 5.56 Å². The smallest absolute Gasteiger partial charge is 0.241 e. The molecule has 21 heavy (non-hydrogen) atoms. The van der Waals surface area contributed by atoms with Gasteiger partial charge in [-0.2, -0.15) is 5.26 Å². The molecule has 7 heteroatoms. The molecule has 2 rings (SSSR count). The number of hydrogen-bond acceptors (Lipinski definition) is 6. The number of aromatic nitrogens is 2. The zero-order chi connectivity index (χ0) is 15.6. The lowest BCUT2D eigenvalue weighted by Gasteiger charge is -2.21. The first-order valence-electron chi connectivity index (χ1n) is 6.37. The Morgan fingerprint density at radius 1 is 1.38 bits per heavy atom. The zero-order valence-corrected chi connectivity index (χ0v) is 12.6. The molecule has 0 spiro atoms. The molecular weight excluding hydrogens is 292 g/mol. The number of rotatable bonds is 4. The quantitative estimate of drug-likeness (QED) is 0.902. The molecule has 0 radical (unpaired) electrons. The van der Waals surface area contributed by atoms with Crippen molar-refractivity contribution in [3.63, 3.8) is 0 Å². The van der Waals surface area contributed by atoms with Gasteiger partial charge < -0.3 is 14.8 Å². The van der Waals surface area contributed by atoms with Crippen molar-refractivity contribution in [3.8, 4) is 6.07 Å². The molecule has 0 bridgehead atoms. The maximum absolute atomic E-state index is 9.92. The number of aliphatic hydroxyl groups excluding tert-OH is 1. The van der Waals surface area contributed by atoms with Gasteiger partial charge in [0.2, 0.25) is 11.8 Å². The third kappa shape index (κ3) is 3.15. The van der Waals surface area contributed by atoms with Crippen LogP contribution >= 0.6 is 11.6 Å². The van der Waals surface area contributed by atoms with Crippen LogP contribution in [0, 0.1) is 25.2 Å². The normalized spacial score (nSPS) is 13.5. The number of aliphatic hydroxyl groups is 1. The Kier molecular flexibility index (Phi) is 4.46. The predicted octanol–water partition coefficient (Wildman–Crippen LogP) is 2.75. The Bertz CT molecular complexity index is 691. The fraction of sp³-hybridized carbons (Fsp3) is 0.357. The molecular formula is C14H15ClN4O2. The van der Waals surface area contributed by atoms with Crippen LogP contribution < -0.4 is 5.32 Å². The van der Waals surface area contributed by atoms with E-state index in [1.807, 2.05) is 6.07 Å². The SMILES string of the molecule is Cc1nnc(C(Nc2ccc(C#N)c(Cl)c2C)[C@H](C)O)o1. The highest BCUT2D eigenvalue weighted by molar-refractivity contribution is 6.32. The van der Waals surface area contributed by atoms with Crippen molar-refractivity contribution < 1.29 is 9.52 Å². The fourth-order valence-corrected chi connectivity index (χ4v) is 2.13. The highest BCUT2D eigenvalue weighted by Crippen LogP contribution is 2.30. The molecule has 110 valence electrons. The van der Waals surface area contributed by atoms with Crippen LogP contribution in [0.3, 0.4) is 0 Å². The summed E-state index contributed by atoms with van der Waals surface area (Å²) in [5, 5.41) is 30.1. The second-order valence-electron chi connectivity index (χ2n) is 4.73. The second kappa shape index (κ2) is 6.12. The van der Waals surface area contributed by atoms with E-state index in [1.165, 1.54) is 0 Å². The second-order valence-corrected chi connectivity index (χ2v) is 5.11. The summed E-state index contributed by atoms with van der Waals surface area (Å²) in [5.74, 6) is 0.717. The molecule has 0 amide bonds. The minimum atomic E-state index is -0.751. The fourth-order valence-electron chi connectivity index (χ4n) is 1.92. The number of aryl methyl sites for hydroxylation is 1. The third-order valence-electron chi connectivity index (χ3n) is 3.11. The molecule has 1 aromatic carbocycles. The van der Waals surface area contributed by atoms with Crippen molar-refractivity contribution in [2.45, 2.75) is 32.9 Å². The van der Waals surface area contributed by atoms with Crippen LogP contribution in [0.15, 0.2) is 16.5 Å². The Labute approximate surface area is 127 Å². The molecule has 0 saturated carbocycles. The maximum atomic E-state index is 9.92. The van der Waals surface area contributed by atoms with E-state index in [-0.39, 0.29) is 0 Å². The molecule has 1 aromatic heterocycles. The van der Waals surface area contributed by atoms with E-state index in [1.54, 1.807) is 32.9 Å². The number of benzene rings is 1. The predicted molar refractivity (Wildman–Crippen MR) is 78.0 cm³/mol. The average Bonchev–Trinajstić information content (AvgIpc) is 2.86. The average molecular weight is 307 g/mol. The summed E-state index contributed by atoms with van der Waals surface area (Å²) in [7, 11) is 0. The highest BCUT2D eigenvalue weighted by Gasteiger charge is 2.24.